The predicted molar refractivity (Wildman–Crippen MR) is 99.6 cm³/mol. The third-order valence-electron chi connectivity index (χ3n) is 6.27. The number of nitro groups is 1. The molecule has 0 saturated carbocycles. The molecule has 0 aliphatic carbocycles. The molecule has 26 heavy (non-hydrogen) atoms. The summed E-state index contributed by atoms with van der Waals surface area (Å²) in [5, 5.41) is 10.9. The quantitative estimate of drug-likeness (QED) is 0.601. The Morgan fingerprint density at radius 2 is 1.85 bits per heavy atom. The summed E-state index contributed by atoms with van der Waals surface area (Å²) >= 11 is 0. The lowest BCUT2D eigenvalue weighted by Crippen LogP contribution is -2.76. The Balaban J connectivity index is 1.47. The van der Waals surface area contributed by atoms with Crippen LogP contribution in [0.25, 0.3) is 6.08 Å². The van der Waals surface area contributed by atoms with Gasteiger partial charge in [-0.1, -0.05) is 31.2 Å². The van der Waals surface area contributed by atoms with Gasteiger partial charge in [0.1, 0.15) is 0 Å². The van der Waals surface area contributed by atoms with E-state index in [0.29, 0.717) is 36.5 Å². The SMILES string of the molecule is CCC(=O)N1C2CC[C@@H]3[C@H]1CCC2N3C/C=C/c1cccc([N+](=O)[O-])c1. The molecule has 6 heteroatoms. The third kappa shape index (κ3) is 2.82. The van der Waals surface area contributed by atoms with Gasteiger partial charge in [0.25, 0.3) is 5.69 Å². The minimum atomic E-state index is -0.362. The van der Waals surface area contributed by atoms with E-state index in [-0.39, 0.29) is 10.6 Å². The summed E-state index contributed by atoms with van der Waals surface area (Å²) < 4.78 is 0. The number of piperidine rings is 4. The van der Waals surface area contributed by atoms with Crippen molar-refractivity contribution in [3.8, 4) is 0 Å². The number of non-ortho nitro benzene ring substituents is 1. The second-order valence-corrected chi connectivity index (χ2v) is 7.53. The first-order valence-corrected chi connectivity index (χ1v) is 9.58. The zero-order chi connectivity index (χ0) is 18.3. The summed E-state index contributed by atoms with van der Waals surface area (Å²) in [6.07, 6.45) is 9.28. The fourth-order valence-electron chi connectivity index (χ4n) is 5.24. The number of rotatable bonds is 5. The van der Waals surface area contributed by atoms with Gasteiger partial charge < -0.3 is 4.90 Å². The van der Waals surface area contributed by atoms with Crippen molar-refractivity contribution in [3.05, 3.63) is 46.0 Å². The van der Waals surface area contributed by atoms with E-state index in [9.17, 15) is 14.9 Å². The molecule has 4 bridgehead atoms. The van der Waals surface area contributed by atoms with Crippen molar-refractivity contribution in [2.24, 2.45) is 0 Å². The molecule has 6 nitrogen and oxygen atoms in total. The highest BCUT2D eigenvalue weighted by molar-refractivity contribution is 5.77. The number of amides is 1. The van der Waals surface area contributed by atoms with E-state index in [1.165, 1.54) is 18.9 Å². The molecule has 5 aliphatic rings. The largest absolute Gasteiger partial charge is 0.334 e. The number of hydrogen-bond donors (Lipinski definition) is 0. The molecule has 1 aromatic carbocycles. The van der Waals surface area contributed by atoms with E-state index in [1.807, 2.05) is 19.1 Å². The van der Waals surface area contributed by atoms with Crippen molar-refractivity contribution < 1.29 is 9.72 Å². The van der Waals surface area contributed by atoms with Gasteiger partial charge in [-0.25, -0.2) is 0 Å². The minimum Gasteiger partial charge on any atom is -0.334 e. The van der Waals surface area contributed by atoms with E-state index in [4.69, 9.17) is 0 Å². The Kier molecular flexibility index (Phi) is 4.53. The van der Waals surface area contributed by atoms with Gasteiger partial charge in [-0.05, 0) is 31.2 Å². The lowest BCUT2D eigenvalue weighted by Gasteiger charge is -2.64. The Hall–Kier alpha value is -2.21. The second kappa shape index (κ2) is 6.83. The molecule has 5 saturated heterocycles. The number of hydrogen-bond acceptors (Lipinski definition) is 4. The van der Waals surface area contributed by atoms with Gasteiger partial charge in [-0.3, -0.25) is 19.8 Å². The number of nitrogens with zero attached hydrogens (tertiary/aromatic N) is 3. The molecule has 1 aromatic rings. The highest BCUT2D eigenvalue weighted by Crippen LogP contribution is 2.45. The second-order valence-electron chi connectivity index (χ2n) is 7.53. The van der Waals surface area contributed by atoms with Gasteiger partial charge in [-0.15, -0.1) is 0 Å². The zero-order valence-corrected chi connectivity index (χ0v) is 15.1. The molecule has 1 amide bonds. The van der Waals surface area contributed by atoms with Gasteiger partial charge in [0.2, 0.25) is 5.91 Å². The summed E-state index contributed by atoms with van der Waals surface area (Å²) in [4.78, 5) is 27.7. The Morgan fingerprint density at radius 3 is 2.46 bits per heavy atom. The number of carbonyl (C=O) groups excluding carboxylic acids is 1. The molecule has 6 rings (SSSR count). The minimum absolute atomic E-state index is 0.122. The molecule has 0 aromatic heterocycles. The number of fused-ring (bicyclic) bond motifs is 2. The van der Waals surface area contributed by atoms with Crippen LogP contribution in [0, 0.1) is 10.1 Å². The molecule has 5 aliphatic heterocycles. The van der Waals surface area contributed by atoms with Gasteiger partial charge >= 0.3 is 0 Å². The molecule has 0 N–H and O–H groups in total. The number of benzene rings is 1. The highest BCUT2D eigenvalue weighted by atomic mass is 16.6. The van der Waals surface area contributed by atoms with Gasteiger partial charge in [-0.2, -0.15) is 0 Å². The first-order chi connectivity index (χ1) is 12.6. The maximum absolute atomic E-state index is 12.4. The smallest absolute Gasteiger partial charge is 0.270 e. The first-order valence-electron chi connectivity index (χ1n) is 9.58. The molecule has 5 fully saturated rings. The van der Waals surface area contributed by atoms with Crippen molar-refractivity contribution >= 4 is 17.7 Å². The van der Waals surface area contributed by atoms with Crippen LogP contribution in [-0.2, 0) is 4.79 Å². The summed E-state index contributed by atoms with van der Waals surface area (Å²) in [6.45, 7) is 2.80. The topological polar surface area (TPSA) is 66.7 Å². The number of nitro benzene ring substituents is 1. The first kappa shape index (κ1) is 17.2. The summed E-state index contributed by atoms with van der Waals surface area (Å²) in [6, 6.07) is 8.39. The average molecular weight is 355 g/mol. The van der Waals surface area contributed by atoms with Crippen LogP contribution in [0.4, 0.5) is 5.69 Å². The number of carbonyl (C=O) groups is 1. The Labute approximate surface area is 153 Å². The average Bonchev–Trinajstić information content (AvgIpc) is 2.67. The molecule has 2 unspecified atom stereocenters. The molecule has 0 radical (unpaired) electrons. The van der Waals surface area contributed by atoms with Gasteiger partial charge in [0.05, 0.1) is 4.92 Å². The summed E-state index contributed by atoms with van der Waals surface area (Å²) in [7, 11) is 0. The van der Waals surface area contributed by atoms with Crippen molar-refractivity contribution in [1.29, 1.82) is 0 Å². The highest BCUT2D eigenvalue weighted by Gasteiger charge is 2.55. The Bertz CT molecular complexity index is 728. The van der Waals surface area contributed by atoms with Crippen molar-refractivity contribution in [2.45, 2.75) is 63.2 Å². The van der Waals surface area contributed by atoms with Crippen molar-refractivity contribution in [3.63, 3.8) is 0 Å². The fraction of sp³-hybridized carbons (Fsp3) is 0.550. The van der Waals surface area contributed by atoms with Crippen molar-refractivity contribution in [2.75, 3.05) is 6.54 Å². The Morgan fingerprint density at radius 1 is 1.19 bits per heavy atom. The molecule has 4 atom stereocenters. The van der Waals surface area contributed by atoms with Crippen LogP contribution < -0.4 is 0 Å². The van der Waals surface area contributed by atoms with Crippen LogP contribution in [0.3, 0.4) is 0 Å². The lowest BCUT2D eigenvalue weighted by molar-refractivity contribution is -0.384. The van der Waals surface area contributed by atoms with Crippen LogP contribution in [0.2, 0.25) is 0 Å². The normalized spacial score (nSPS) is 30.3. The predicted octanol–water partition coefficient (Wildman–Crippen LogP) is 3.22. The van der Waals surface area contributed by atoms with E-state index >= 15 is 0 Å². The van der Waals surface area contributed by atoms with Crippen LogP contribution in [0.5, 0.6) is 0 Å². The van der Waals surface area contributed by atoms with Crippen LogP contribution in [0.1, 0.15) is 44.6 Å². The molecular weight excluding hydrogens is 330 g/mol. The molecule has 138 valence electrons. The fourth-order valence-corrected chi connectivity index (χ4v) is 5.24. The van der Waals surface area contributed by atoms with E-state index in [1.54, 1.807) is 12.1 Å². The zero-order valence-electron chi connectivity index (χ0n) is 15.1. The third-order valence-corrected chi connectivity index (χ3v) is 6.27. The lowest BCUT2D eigenvalue weighted by atomic mass is 9.71. The molecule has 0 spiro atoms. The van der Waals surface area contributed by atoms with Crippen LogP contribution in [0.15, 0.2) is 30.3 Å². The van der Waals surface area contributed by atoms with E-state index in [0.717, 1.165) is 24.9 Å². The van der Waals surface area contributed by atoms with Crippen LogP contribution in [-0.4, -0.2) is 51.3 Å². The van der Waals surface area contributed by atoms with Gasteiger partial charge in [0.15, 0.2) is 0 Å². The standard InChI is InChI=1S/C20H25N3O3/c1-2-20(24)22-18-10-8-16-19(22)11-9-17(18)21(16)12-4-6-14-5-3-7-15(13-14)23(25)26/h3-7,13,16-19H,2,8-12H2,1H3/b6-4+/t16-,17?,18?,19-/m1/s1. The molecular formula is C20H25N3O3. The van der Waals surface area contributed by atoms with Crippen LogP contribution >= 0.6 is 0 Å². The summed E-state index contributed by atoms with van der Waals surface area (Å²) in [5.41, 5.74) is 0.978. The van der Waals surface area contributed by atoms with E-state index < -0.39 is 0 Å². The monoisotopic (exact) mass is 355 g/mol. The summed E-state index contributed by atoms with van der Waals surface area (Å²) in [5.74, 6) is 0.307. The van der Waals surface area contributed by atoms with Crippen molar-refractivity contribution in [1.82, 2.24) is 9.80 Å². The number of piperazine rings is 1. The molecule has 5 heterocycles. The maximum atomic E-state index is 12.4. The maximum Gasteiger partial charge on any atom is 0.270 e. The van der Waals surface area contributed by atoms with Gasteiger partial charge in [0, 0.05) is 49.3 Å². The van der Waals surface area contributed by atoms with E-state index in [2.05, 4.69) is 15.9 Å².